The molecule has 0 aliphatic rings. The number of anilines is 1. The quantitative estimate of drug-likeness (QED) is 0.830. The monoisotopic (exact) mass is 231 g/mol. The lowest BCUT2D eigenvalue weighted by Gasteiger charge is -2.11. The zero-order chi connectivity index (χ0) is 12.8. The highest BCUT2D eigenvalue weighted by Crippen LogP contribution is 2.17. The number of benzene rings is 1. The fraction of sp³-hybridized carbons (Fsp3) is 0.385. The van der Waals surface area contributed by atoms with E-state index in [0.717, 1.165) is 5.56 Å². The summed E-state index contributed by atoms with van der Waals surface area (Å²) >= 11 is 0. The van der Waals surface area contributed by atoms with Crippen LogP contribution in [0, 0.1) is 18.3 Å². The van der Waals surface area contributed by atoms with Gasteiger partial charge in [-0.3, -0.25) is 4.79 Å². The first-order valence-corrected chi connectivity index (χ1v) is 5.57. The van der Waals surface area contributed by atoms with Gasteiger partial charge in [0.2, 0.25) is 5.91 Å². The van der Waals surface area contributed by atoms with Crippen LogP contribution in [0.5, 0.6) is 0 Å². The highest BCUT2D eigenvalue weighted by molar-refractivity contribution is 5.81. The van der Waals surface area contributed by atoms with Gasteiger partial charge in [-0.1, -0.05) is 12.1 Å². The largest absolute Gasteiger partial charge is 0.375 e. The second kappa shape index (κ2) is 5.90. The molecule has 0 atom stereocenters. The van der Waals surface area contributed by atoms with Gasteiger partial charge in [0.05, 0.1) is 17.8 Å². The number of amides is 1. The zero-order valence-electron chi connectivity index (χ0n) is 10.4. The molecule has 1 rings (SSSR count). The molecule has 4 nitrogen and oxygen atoms in total. The molecule has 0 aromatic heterocycles. The fourth-order valence-corrected chi connectivity index (χ4v) is 1.51. The molecule has 0 aliphatic carbocycles. The molecule has 90 valence electrons. The number of hydrogen-bond acceptors (Lipinski definition) is 3. The van der Waals surface area contributed by atoms with Gasteiger partial charge in [-0.25, -0.2) is 0 Å². The van der Waals surface area contributed by atoms with Crippen molar-refractivity contribution in [1.29, 1.82) is 5.26 Å². The topological polar surface area (TPSA) is 64.9 Å². The number of carbonyl (C=O) groups is 1. The van der Waals surface area contributed by atoms with Crippen molar-refractivity contribution in [3.05, 3.63) is 29.3 Å². The third-order valence-electron chi connectivity index (χ3n) is 2.27. The summed E-state index contributed by atoms with van der Waals surface area (Å²) in [6.07, 6.45) is 0. The summed E-state index contributed by atoms with van der Waals surface area (Å²) in [4.78, 5) is 11.5. The summed E-state index contributed by atoms with van der Waals surface area (Å²) in [6, 6.07) is 7.79. The van der Waals surface area contributed by atoms with E-state index in [2.05, 4.69) is 16.7 Å². The van der Waals surface area contributed by atoms with Crippen molar-refractivity contribution in [2.45, 2.75) is 26.8 Å². The maximum atomic E-state index is 11.5. The molecule has 2 N–H and O–H groups in total. The predicted octanol–water partition coefficient (Wildman–Crippen LogP) is 1.80. The van der Waals surface area contributed by atoms with Gasteiger partial charge in [0.15, 0.2) is 0 Å². The van der Waals surface area contributed by atoms with E-state index < -0.39 is 0 Å². The van der Waals surface area contributed by atoms with Crippen LogP contribution in [0.2, 0.25) is 0 Å². The number of rotatable bonds is 4. The highest BCUT2D eigenvalue weighted by atomic mass is 16.1. The van der Waals surface area contributed by atoms with Gasteiger partial charge in [-0.05, 0) is 32.4 Å². The predicted molar refractivity (Wildman–Crippen MR) is 67.7 cm³/mol. The van der Waals surface area contributed by atoms with E-state index in [1.54, 1.807) is 6.07 Å². The Bertz CT molecular complexity index is 446. The molecule has 1 aromatic carbocycles. The van der Waals surface area contributed by atoms with Crippen LogP contribution in [-0.4, -0.2) is 18.5 Å². The van der Waals surface area contributed by atoms with E-state index in [1.165, 1.54) is 0 Å². The molecule has 4 heteroatoms. The lowest BCUT2D eigenvalue weighted by molar-refractivity contribution is -0.119. The van der Waals surface area contributed by atoms with E-state index in [0.29, 0.717) is 11.3 Å². The van der Waals surface area contributed by atoms with Crippen molar-refractivity contribution in [1.82, 2.24) is 5.32 Å². The molecule has 1 amide bonds. The van der Waals surface area contributed by atoms with Crippen LogP contribution < -0.4 is 10.6 Å². The first kappa shape index (κ1) is 13.0. The second-order valence-corrected chi connectivity index (χ2v) is 4.19. The Kier molecular flexibility index (Phi) is 4.53. The molecule has 0 unspecified atom stereocenters. The minimum Gasteiger partial charge on any atom is -0.375 e. The Labute approximate surface area is 102 Å². The van der Waals surface area contributed by atoms with Crippen molar-refractivity contribution in [3.8, 4) is 6.07 Å². The summed E-state index contributed by atoms with van der Waals surface area (Å²) in [6.45, 7) is 5.87. The Morgan fingerprint density at radius 3 is 2.76 bits per heavy atom. The van der Waals surface area contributed by atoms with E-state index in [1.807, 2.05) is 32.9 Å². The summed E-state index contributed by atoms with van der Waals surface area (Å²) in [5, 5.41) is 14.8. The van der Waals surface area contributed by atoms with Gasteiger partial charge in [-0.2, -0.15) is 5.26 Å². The Hall–Kier alpha value is -2.02. The minimum atomic E-state index is -0.0783. The average molecular weight is 231 g/mol. The summed E-state index contributed by atoms with van der Waals surface area (Å²) < 4.78 is 0. The Balaban J connectivity index is 2.67. The standard InChI is InChI=1S/C13H17N3O/c1-9(2)16-13(17)8-15-12-6-4-5-10(3)11(12)7-14/h4-6,9,15H,8H2,1-3H3,(H,16,17). The second-order valence-electron chi connectivity index (χ2n) is 4.19. The molecule has 0 spiro atoms. The molecule has 1 aromatic rings. The first-order chi connectivity index (χ1) is 8.04. The summed E-state index contributed by atoms with van der Waals surface area (Å²) in [5.41, 5.74) is 2.19. The van der Waals surface area contributed by atoms with Crippen LogP contribution in [0.15, 0.2) is 18.2 Å². The Morgan fingerprint density at radius 2 is 2.18 bits per heavy atom. The van der Waals surface area contributed by atoms with Crippen molar-refractivity contribution in [3.63, 3.8) is 0 Å². The van der Waals surface area contributed by atoms with E-state index in [-0.39, 0.29) is 18.5 Å². The third-order valence-corrected chi connectivity index (χ3v) is 2.27. The molecule has 0 radical (unpaired) electrons. The van der Waals surface area contributed by atoms with Crippen LogP contribution in [0.3, 0.4) is 0 Å². The zero-order valence-corrected chi connectivity index (χ0v) is 10.4. The number of nitrogens with one attached hydrogen (secondary N) is 2. The van der Waals surface area contributed by atoms with E-state index in [4.69, 9.17) is 5.26 Å². The fourth-order valence-electron chi connectivity index (χ4n) is 1.51. The number of nitrogens with zero attached hydrogens (tertiary/aromatic N) is 1. The van der Waals surface area contributed by atoms with Gasteiger partial charge < -0.3 is 10.6 Å². The Morgan fingerprint density at radius 1 is 1.47 bits per heavy atom. The van der Waals surface area contributed by atoms with Gasteiger partial charge in [0.1, 0.15) is 6.07 Å². The van der Waals surface area contributed by atoms with Crippen molar-refractivity contribution in [2.75, 3.05) is 11.9 Å². The molecule has 0 aliphatic heterocycles. The maximum absolute atomic E-state index is 11.5. The lowest BCUT2D eigenvalue weighted by Crippen LogP contribution is -2.34. The molecule has 0 saturated carbocycles. The number of carbonyl (C=O) groups excluding carboxylic acids is 1. The third kappa shape index (κ3) is 3.80. The van der Waals surface area contributed by atoms with Crippen LogP contribution in [0.25, 0.3) is 0 Å². The summed E-state index contributed by atoms with van der Waals surface area (Å²) in [7, 11) is 0. The van der Waals surface area contributed by atoms with Crippen molar-refractivity contribution >= 4 is 11.6 Å². The summed E-state index contributed by atoms with van der Waals surface area (Å²) in [5.74, 6) is -0.0783. The molecule has 17 heavy (non-hydrogen) atoms. The van der Waals surface area contributed by atoms with Crippen molar-refractivity contribution < 1.29 is 4.79 Å². The molecule has 0 fully saturated rings. The number of aryl methyl sites for hydroxylation is 1. The molecular weight excluding hydrogens is 214 g/mol. The number of hydrogen-bond donors (Lipinski definition) is 2. The van der Waals surface area contributed by atoms with Gasteiger partial charge in [0, 0.05) is 6.04 Å². The molecule has 0 bridgehead atoms. The van der Waals surface area contributed by atoms with Crippen molar-refractivity contribution in [2.24, 2.45) is 0 Å². The maximum Gasteiger partial charge on any atom is 0.239 e. The van der Waals surface area contributed by atoms with Gasteiger partial charge in [0.25, 0.3) is 0 Å². The SMILES string of the molecule is Cc1cccc(NCC(=O)NC(C)C)c1C#N. The normalized spacial score (nSPS) is 9.82. The van der Waals surface area contributed by atoms with Crippen LogP contribution >= 0.6 is 0 Å². The molecule has 0 saturated heterocycles. The minimum absolute atomic E-state index is 0.0783. The lowest BCUT2D eigenvalue weighted by atomic mass is 10.1. The highest BCUT2D eigenvalue weighted by Gasteiger charge is 2.07. The average Bonchev–Trinajstić information content (AvgIpc) is 2.25. The van der Waals surface area contributed by atoms with Gasteiger partial charge in [-0.15, -0.1) is 0 Å². The van der Waals surface area contributed by atoms with Crippen LogP contribution in [0.1, 0.15) is 25.0 Å². The first-order valence-electron chi connectivity index (χ1n) is 5.57. The van der Waals surface area contributed by atoms with E-state index >= 15 is 0 Å². The van der Waals surface area contributed by atoms with Gasteiger partial charge >= 0.3 is 0 Å². The molecule has 0 heterocycles. The van der Waals surface area contributed by atoms with Crippen LogP contribution in [0.4, 0.5) is 5.69 Å². The van der Waals surface area contributed by atoms with Crippen LogP contribution in [-0.2, 0) is 4.79 Å². The van der Waals surface area contributed by atoms with E-state index in [9.17, 15) is 4.79 Å². The molecular formula is C13H17N3O. The smallest absolute Gasteiger partial charge is 0.239 e. The number of nitriles is 1.